The smallest absolute Gasteiger partial charge is 0.161 e. The van der Waals surface area contributed by atoms with Gasteiger partial charge in [-0.05, 0) is 43.0 Å². The normalized spacial score (nSPS) is 25.1. The quantitative estimate of drug-likeness (QED) is 0.846. The van der Waals surface area contributed by atoms with Gasteiger partial charge in [0.25, 0.3) is 0 Å². The SMILES string of the molecule is COc1cc(C)c(CN[C@H]2CCC[C@]2(C)CO)cc1OC. The number of nitrogens with one attached hydrogen (secondary N) is 1. The molecule has 4 heteroatoms. The second-order valence-corrected chi connectivity index (χ2v) is 6.27. The average molecular weight is 293 g/mol. The van der Waals surface area contributed by atoms with Gasteiger partial charge in [-0.3, -0.25) is 0 Å². The first-order valence-corrected chi connectivity index (χ1v) is 7.60. The highest BCUT2D eigenvalue weighted by molar-refractivity contribution is 5.47. The van der Waals surface area contributed by atoms with E-state index in [4.69, 9.17) is 9.47 Å². The summed E-state index contributed by atoms with van der Waals surface area (Å²) in [7, 11) is 3.31. The van der Waals surface area contributed by atoms with Gasteiger partial charge in [0.1, 0.15) is 0 Å². The lowest BCUT2D eigenvalue weighted by atomic mass is 9.85. The maximum Gasteiger partial charge on any atom is 0.161 e. The predicted molar refractivity (Wildman–Crippen MR) is 84.0 cm³/mol. The number of methoxy groups -OCH3 is 2. The van der Waals surface area contributed by atoms with E-state index in [-0.39, 0.29) is 12.0 Å². The van der Waals surface area contributed by atoms with Gasteiger partial charge in [0.2, 0.25) is 0 Å². The van der Waals surface area contributed by atoms with Gasteiger partial charge >= 0.3 is 0 Å². The lowest BCUT2D eigenvalue weighted by molar-refractivity contribution is 0.118. The second-order valence-electron chi connectivity index (χ2n) is 6.27. The Morgan fingerprint density at radius 3 is 2.57 bits per heavy atom. The zero-order valence-electron chi connectivity index (χ0n) is 13.5. The van der Waals surface area contributed by atoms with Gasteiger partial charge in [-0.15, -0.1) is 0 Å². The first kappa shape index (κ1) is 16.1. The highest BCUT2D eigenvalue weighted by Crippen LogP contribution is 2.38. The van der Waals surface area contributed by atoms with E-state index in [1.165, 1.54) is 17.5 Å². The van der Waals surface area contributed by atoms with Gasteiger partial charge in [0, 0.05) is 24.6 Å². The topological polar surface area (TPSA) is 50.7 Å². The first-order chi connectivity index (χ1) is 10.0. The molecule has 1 aromatic carbocycles. The third kappa shape index (κ3) is 3.33. The fourth-order valence-corrected chi connectivity index (χ4v) is 3.22. The van der Waals surface area contributed by atoms with Gasteiger partial charge in [-0.2, -0.15) is 0 Å². The number of aliphatic hydroxyl groups is 1. The Morgan fingerprint density at radius 1 is 1.29 bits per heavy atom. The summed E-state index contributed by atoms with van der Waals surface area (Å²) in [5, 5.41) is 13.2. The zero-order valence-corrected chi connectivity index (χ0v) is 13.5. The fourth-order valence-electron chi connectivity index (χ4n) is 3.22. The van der Waals surface area contributed by atoms with Crippen molar-refractivity contribution in [2.45, 2.75) is 45.7 Å². The zero-order chi connectivity index (χ0) is 15.5. The number of rotatable bonds is 6. The van der Waals surface area contributed by atoms with Crippen LogP contribution in [0.1, 0.15) is 37.3 Å². The van der Waals surface area contributed by atoms with E-state index in [0.29, 0.717) is 6.04 Å². The van der Waals surface area contributed by atoms with Crippen molar-refractivity contribution in [3.63, 3.8) is 0 Å². The summed E-state index contributed by atoms with van der Waals surface area (Å²) in [6.07, 6.45) is 3.40. The van der Waals surface area contributed by atoms with Gasteiger partial charge in [-0.1, -0.05) is 13.3 Å². The van der Waals surface area contributed by atoms with Crippen molar-refractivity contribution in [1.82, 2.24) is 5.32 Å². The summed E-state index contributed by atoms with van der Waals surface area (Å²) >= 11 is 0. The van der Waals surface area contributed by atoms with E-state index < -0.39 is 0 Å². The van der Waals surface area contributed by atoms with Crippen LogP contribution in [-0.2, 0) is 6.54 Å². The van der Waals surface area contributed by atoms with Crippen LogP contribution in [0.4, 0.5) is 0 Å². The molecule has 0 saturated heterocycles. The summed E-state index contributed by atoms with van der Waals surface area (Å²) in [5.41, 5.74) is 2.40. The van der Waals surface area contributed by atoms with Crippen molar-refractivity contribution < 1.29 is 14.6 Å². The summed E-state index contributed by atoms with van der Waals surface area (Å²) in [6, 6.07) is 4.41. The monoisotopic (exact) mass is 293 g/mol. The van der Waals surface area contributed by atoms with Crippen molar-refractivity contribution >= 4 is 0 Å². The molecule has 4 nitrogen and oxygen atoms in total. The molecular weight excluding hydrogens is 266 g/mol. The number of aliphatic hydroxyl groups excluding tert-OH is 1. The molecule has 1 saturated carbocycles. The molecule has 0 aromatic heterocycles. The molecule has 21 heavy (non-hydrogen) atoms. The van der Waals surface area contributed by atoms with Gasteiger partial charge in [0.15, 0.2) is 11.5 Å². The third-order valence-electron chi connectivity index (χ3n) is 4.82. The fraction of sp³-hybridized carbons (Fsp3) is 0.647. The molecule has 0 amide bonds. The van der Waals surface area contributed by atoms with Gasteiger partial charge in [-0.25, -0.2) is 0 Å². The van der Waals surface area contributed by atoms with E-state index in [1.807, 2.05) is 12.1 Å². The Kier molecular flexibility index (Phi) is 5.12. The minimum atomic E-state index is 0.00443. The van der Waals surface area contributed by atoms with Crippen LogP contribution in [0.5, 0.6) is 11.5 Å². The molecule has 1 aromatic rings. The summed E-state index contributed by atoms with van der Waals surface area (Å²) in [4.78, 5) is 0. The van der Waals surface area contributed by atoms with Crippen molar-refractivity contribution in [3.8, 4) is 11.5 Å². The number of aryl methyl sites for hydroxylation is 1. The van der Waals surface area contributed by atoms with Crippen LogP contribution in [0.2, 0.25) is 0 Å². The lowest BCUT2D eigenvalue weighted by Crippen LogP contribution is -2.41. The molecule has 0 heterocycles. The highest BCUT2D eigenvalue weighted by atomic mass is 16.5. The van der Waals surface area contributed by atoms with Gasteiger partial charge in [0.05, 0.1) is 14.2 Å². The minimum Gasteiger partial charge on any atom is -0.493 e. The largest absolute Gasteiger partial charge is 0.493 e. The van der Waals surface area contributed by atoms with Crippen molar-refractivity contribution in [3.05, 3.63) is 23.3 Å². The Morgan fingerprint density at radius 2 is 1.95 bits per heavy atom. The Hall–Kier alpha value is -1.26. The molecule has 2 N–H and O–H groups in total. The van der Waals surface area contributed by atoms with Crippen LogP contribution >= 0.6 is 0 Å². The van der Waals surface area contributed by atoms with Crippen molar-refractivity contribution in [1.29, 1.82) is 0 Å². The maximum atomic E-state index is 9.62. The molecule has 0 aliphatic heterocycles. The standard InChI is InChI=1S/C17H27NO3/c1-12-8-14(20-3)15(21-4)9-13(12)10-18-16-6-5-7-17(16,2)11-19/h8-9,16,18-19H,5-7,10-11H2,1-4H3/t16-,17+/m0/s1. The Balaban J connectivity index is 2.10. The van der Waals surface area contributed by atoms with E-state index in [1.54, 1.807) is 14.2 Å². The number of benzene rings is 1. The maximum absolute atomic E-state index is 9.62. The molecule has 0 unspecified atom stereocenters. The first-order valence-electron chi connectivity index (χ1n) is 7.60. The molecule has 118 valence electrons. The Bertz CT molecular complexity index is 489. The molecule has 2 rings (SSSR count). The summed E-state index contributed by atoms with van der Waals surface area (Å²) < 4.78 is 10.7. The second kappa shape index (κ2) is 6.67. The predicted octanol–water partition coefficient (Wildman–Crippen LogP) is 2.65. The van der Waals surface area contributed by atoms with E-state index in [9.17, 15) is 5.11 Å². The lowest BCUT2D eigenvalue weighted by Gasteiger charge is -2.30. The van der Waals surface area contributed by atoms with Crippen LogP contribution in [0.15, 0.2) is 12.1 Å². The molecule has 0 bridgehead atoms. The average Bonchev–Trinajstić information content (AvgIpc) is 2.87. The molecule has 0 radical (unpaired) electrons. The van der Waals surface area contributed by atoms with Crippen molar-refractivity contribution in [2.24, 2.45) is 5.41 Å². The summed E-state index contributed by atoms with van der Waals surface area (Å²) in [5.74, 6) is 1.52. The number of ether oxygens (including phenoxy) is 2. The van der Waals surface area contributed by atoms with Crippen LogP contribution in [0.3, 0.4) is 0 Å². The van der Waals surface area contributed by atoms with Crippen LogP contribution in [-0.4, -0.2) is 32.0 Å². The highest BCUT2D eigenvalue weighted by Gasteiger charge is 2.37. The Labute approximate surface area is 127 Å². The van der Waals surface area contributed by atoms with Crippen molar-refractivity contribution in [2.75, 3.05) is 20.8 Å². The molecule has 1 aliphatic rings. The molecule has 2 atom stereocenters. The summed E-state index contributed by atoms with van der Waals surface area (Å²) in [6.45, 7) is 5.28. The third-order valence-corrected chi connectivity index (χ3v) is 4.82. The number of hydrogen-bond acceptors (Lipinski definition) is 4. The van der Waals surface area contributed by atoms with E-state index in [0.717, 1.165) is 30.9 Å². The number of hydrogen-bond donors (Lipinski definition) is 2. The molecule has 1 aliphatic carbocycles. The van der Waals surface area contributed by atoms with Gasteiger partial charge < -0.3 is 19.9 Å². The molecular formula is C17H27NO3. The molecule has 1 fully saturated rings. The minimum absolute atomic E-state index is 0.00443. The molecule has 0 spiro atoms. The van der Waals surface area contributed by atoms with E-state index >= 15 is 0 Å². The van der Waals surface area contributed by atoms with Crippen LogP contribution in [0.25, 0.3) is 0 Å². The van der Waals surface area contributed by atoms with E-state index in [2.05, 4.69) is 19.2 Å². The van der Waals surface area contributed by atoms with Crippen LogP contribution in [0, 0.1) is 12.3 Å². The van der Waals surface area contributed by atoms with Crippen LogP contribution < -0.4 is 14.8 Å².